The number of aromatic nitrogens is 2. The topological polar surface area (TPSA) is 91.8 Å². The summed E-state index contributed by atoms with van der Waals surface area (Å²) in [6, 6.07) is 7.65. The Morgan fingerprint density at radius 3 is 3.04 bits per heavy atom. The van der Waals surface area contributed by atoms with E-state index in [4.69, 9.17) is 29.9 Å². The fraction of sp³-hybridized carbons (Fsp3) is 0.375. The molecule has 2 aliphatic heterocycles. The minimum atomic E-state index is -1.48. The molecule has 3 heterocycles. The highest BCUT2D eigenvalue weighted by Crippen LogP contribution is 2.47. The first kappa shape index (κ1) is 17.7. The fourth-order valence-electron chi connectivity index (χ4n) is 2.84. The van der Waals surface area contributed by atoms with E-state index in [-0.39, 0.29) is 17.7 Å². The number of halogens is 1. The van der Waals surface area contributed by atoms with Crippen LogP contribution in [-0.4, -0.2) is 22.3 Å². The van der Waals surface area contributed by atoms with Gasteiger partial charge in [0.1, 0.15) is 17.0 Å². The first-order chi connectivity index (χ1) is 12.6. The molecule has 1 saturated heterocycles. The number of nitrogens with one attached hydrogen (secondary N) is 1. The molecule has 1 fully saturated rings. The van der Waals surface area contributed by atoms with Crippen LogP contribution in [0.3, 0.4) is 0 Å². The summed E-state index contributed by atoms with van der Waals surface area (Å²) in [4.78, 5) is 25.4. The maximum absolute atomic E-state index is 11.9. The molecule has 1 aromatic heterocycles. The molecule has 4 rings (SSSR count). The zero-order valence-corrected chi connectivity index (χ0v) is 15.2. The Morgan fingerprint density at radius 2 is 2.15 bits per heavy atom. The number of para-hydroxylation sites is 1. The van der Waals surface area contributed by atoms with Gasteiger partial charge in [-0.1, -0.05) is 29.8 Å². The predicted octanol–water partition coefficient (Wildman–Crippen LogP) is 2.72. The van der Waals surface area contributed by atoms with E-state index in [1.165, 1.54) is 10.8 Å². The van der Waals surface area contributed by atoms with Gasteiger partial charge in [-0.25, -0.2) is 4.79 Å². The third-order valence-electron chi connectivity index (χ3n) is 4.16. The molecule has 26 heavy (non-hydrogen) atoms. The van der Waals surface area contributed by atoms with E-state index in [1.807, 2.05) is 24.3 Å². The Morgan fingerprint density at radius 1 is 1.31 bits per heavy atom. The van der Waals surface area contributed by atoms with Gasteiger partial charge < -0.3 is 9.26 Å². The van der Waals surface area contributed by atoms with Crippen LogP contribution >= 0.6 is 20.2 Å². The highest BCUT2D eigenvalue weighted by atomic mass is 35.5. The van der Waals surface area contributed by atoms with Crippen molar-refractivity contribution in [3.05, 3.63) is 61.9 Å². The van der Waals surface area contributed by atoms with Gasteiger partial charge in [0.05, 0.1) is 19.3 Å². The van der Waals surface area contributed by atoms with Gasteiger partial charge in [-0.2, -0.15) is 0 Å². The summed E-state index contributed by atoms with van der Waals surface area (Å²) in [6.45, 7) is 0.734. The summed E-state index contributed by atoms with van der Waals surface area (Å²) >= 11 is 5.79. The number of fused-ring (bicyclic) bond motifs is 1. The third-order valence-corrected chi connectivity index (χ3v) is 5.47. The first-order valence-corrected chi connectivity index (χ1v) is 9.56. The van der Waals surface area contributed by atoms with Gasteiger partial charge in [-0.3, -0.25) is 23.4 Å². The molecule has 1 aromatic carbocycles. The SMILES string of the molecule is O=c1[nH]c(=O)n(C2CCC(COP3OCc4ccccc4O3)O2)cc1Cl. The van der Waals surface area contributed by atoms with Crippen LogP contribution in [-0.2, 0) is 20.4 Å². The summed E-state index contributed by atoms with van der Waals surface area (Å²) in [5, 5.41) is -0.0565. The average Bonchev–Trinajstić information content (AvgIpc) is 3.11. The van der Waals surface area contributed by atoms with Gasteiger partial charge in [0, 0.05) is 11.8 Å². The Hall–Kier alpha value is -1.70. The van der Waals surface area contributed by atoms with Gasteiger partial charge in [0.15, 0.2) is 0 Å². The van der Waals surface area contributed by atoms with Crippen molar-refractivity contribution in [1.29, 1.82) is 0 Å². The van der Waals surface area contributed by atoms with E-state index in [0.29, 0.717) is 19.4 Å². The molecule has 0 saturated carbocycles. The lowest BCUT2D eigenvalue weighted by Gasteiger charge is -2.24. The molecule has 2 aliphatic rings. The van der Waals surface area contributed by atoms with Crippen molar-refractivity contribution in [3.63, 3.8) is 0 Å². The molecule has 0 radical (unpaired) electrons. The minimum Gasteiger partial charge on any atom is -0.426 e. The lowest BCUT2D eigenvalue weighted by molar-refractivity contribution is -0.0229. The van der Waals surface area contributed by atoms with Crippen LogP contribution in [0, 0.1) is 0 Å². The number of benzene rings is 1. The van der Waals surface area contributed by atoms with Gasteiger partial charge in [-0.05, 0) is 18.9 Å². The molecule has 10 heteroatoms. The summed E-state index contributed by atoms with van der Waals surface area (Å²) < 4.78 is 24.1. The van der Waals surface area contributed by atoms with E-state index < -0.39 is 26.1 Å². The van der Waals surface area contributed by atoms with E-state index in [1.54, 1.807) is 0 Å². The minimum absolute atomic E-state index is 0.0565. The van der Waals surface area contributed by atoms with Crippen molar-refractivity contribution in [2.75, 3.05) is 6.61 Å². The molecular formula is C16H16ClN2O6P. The number of ether oxygens (including phenoxy) is 1. The lowest BCUT2D eigenvalue weighted by Crippen LogP contribution is -2.32. The molecule has 1 N–H and O–H groups in total. The molecule has 0 aliphatic carbocycles. The Labute approximate surface area is 154 Å². The van der Waals surface area contributed by atoms with Crippen molar-refractivity contribution in [3.8, 4) is 5.75 Å². The second kappa shape index (κ2) is 7.50. The standard InChI is InChI=1S/C16H16ClN2O6P/c17-12-7-19(16(21)18-15(12)20)14-6-5-11(24-14)9-23-26-22-8-10-3-1-2-4-13(10)25-26/h1-4,7,11,14H,5-6,8-9H2,(H,18,20,21). The lowest BCUT2D eigenvalue weighted by atomic mass is 10.2. The fourth-order valence-corrected chi connectivity index (χ4v) is 4.04. The van der Waals surface area contributed by atoms with Crippen LogP contribution < -0.4 is 15.8 Å². The highest BCUT2D eigenvalue weighted by molar-refractivity contribution is 7.42. The first-order valence-electron chi connectivity index (χ1n) is 8.08. The molecule has 0 amide bonds. The Balaban J connectivity index is 1.34. The van der Waals surface area contributed by atoms with E-state index in [0.717, 1.165) is 11.3 Å². The normalized spacial score (nSPS) is 24.9. The number of nitrogens with zero attached hydrogens (tertiary/aromatic N) is 1. The molecule has 0 spiro atoms. The van der Waals surface area contributed by atoms with Crippen molar-refractivity contribution in [2.24, 2.45) is 0 Å². The predicted molar refractivity (Wildman–Crippen MR) is 94.2 cm³/mol. The summed E-state index contributed by atoms with van der Waals surface area (Å²) in [5.74, 6) is 0.768. The second-order valence-electron chi connectivity index (χ2n) is 5.93. The Bertz CT molecular complexity index is 916. The molecule has 3 atom stereocenters. The number of hydrogen-bond donors (Lipinski definition) is 1. The molecular weight excluding hydrogens is 383 g/mol. The molecule has 0 bridgehead atoms. The highest BCUT2D eigenvalue weighted by Gasteiger charge is 2.30. The number of H-pyrrole nitrogens is 1. The average molecular weight is 399 g/mol. The van der Waals surface area contributed by atoms with Crippen LogP contribution in [0.15, 0.2) is 40.1 Å². The number of rotatable bonds is 4. The largest absolute Gasteiger partial charge is 0.426 e. The third kappa shape index (κ3) is 3.70. The van der Waals surface area contributed by atoms with Crippen LogP contribution in [0.1, 0.15) is 24.6 Å². The maximum Gasteiger partial charge on any atom is 0.397 e. The van der Waals surface area contributed by atoms with Gasteiger partial charge in [-0.15, -0.1) is 0 Å². The molecule has 3 unspecified atom stereocenters. The summed E-state index contributed by atoms with van der Waals surface area (Å²) in [6.07, 6.45) is 1.91. The van der Waals surface area contributed by atoms with E-state index in [2.05, 4.69) is 4.98 Å². The summed E-state index contributed by atoms with van der Waals surface area (Å²) in [5.41, 5.74) is -0.173. The maximum atomic E-state index is 11.9. The smallest absolute Gasteiger partial charge is 0.397 e. The van der Waals surface area contributed by atoms with E-state index >= 15 is 0 Å². The van der Waals surface area contributed by atoms with Crippen LogP contribution in [0.2, 0.25) is 5.02 Å². The molecule has 2 aromatic rings. The quantitative estimate of drug-likeness (QED) is 0.796. The summed E-state index contributed by atoms with van der Waals surface area (Å²) in [7, 11) is -1.48. The van der Waals surface area contributed by atoms with E-state index in [9.17, 15) is 9.59 Å². The van der Waals surface area contributed by atoms with Crippen LogP contribution in [0.4, 0.5) is 0 Å². The Kier molecular flexibility index (Phi) is 5.11. The van der Waals surface area contributed by atoms with Crippen molar-refractivity contribution in [2.45, 2.75) is 31.8 Å². The van der Waals surface area contributed by atoms with Gasteiger partial charge in [0.2, 0.25) is 0 Å². The van der Waals surface area contributed by atoms with Gasteiger partial charge in [0.25, 0.3) is 5.56 Å². The monoisotopic (exact) mass is 398 g/mol. The van der Waals surface area contributed by atoms with Crippen LogP contribution in [0.5, 0.6) is 5.75 Å². The van der Waals surface area contributed by atoms with Crippen molar-refractivity contribution >= 4 is 20.2 Å². The number of hydrogen-bond acceptors (Lipinski definition) is 6. The van der Waals surface area contributed by atoms with Crippen molar-refractivity contribution in [1.82, 2.24) is 9.55 Å². The van der Waals surface area contributed by atoms with Crippen LogP contribution in [0.25, 0.3) is 0 Å². The van der Waals surface area contributed by atoms with Gasteiger partial charge >= 0.3 is 14.3 Å². The van der Waals surface area contributed by atoms with Crippen molar-refractivity contribution < 1.29 is 18.3 Å². The molecule has 8 nitrogen and oxygen atoms in total. The second-order valence-corrected chi connectivity index (χ2v) is 7.48. The zero-order valence-electron chi connectivity index (χ0n) is 13.6. The zero-order chi connectivity index (χ0) is 18.1. The molecule has 138 valence electrons. The number of aromatic amines is 1.